The summed E-state index contributed by atoms with van der Waals surface area (Å²) >= 11 is 0. The van der Waals surface area contributed by atoms with Crippen molar-refractivity contribution in [3.05, 3.63) is 29.8 Å². The van der Waals surface area contributed by atoms with Crippen LogP contribution in [0.1, 0.15) is 55.8 Å². The number of carbonyl (C=O) groups excluding carboxylic acids is 2. The Morgan fingerprint density at radius 3 is 2.50 bits per heavy atom. The van der Waals surface area contributed by atoms with Crippen LogP contribution in [-0.2, 0) is 9.53 Å². The first kappa shape index (κ1) is 19.2. The molecule has 1 N–H and O–H groups in total. The van der Waals surface area contributed by atoms with E-state index < -0.39 is 0 Å². The Morgan fingerprint density at radius 2 is 1.82 bits per heavy atom. The highest BCUT2D eigenvalue weighted by Gasteiger charge is 2.45. The molecule has 0 bridgehead atoms. The van der Waals surface area contributed by atoms with Crippen LogP contribution in [0.5, 0.6) is 5.75 Å². The van der Waals surface area contributed by atoms with Crippen LogP contribution in [0, 0.1) is 5.41 Å². The van der Waals surface area contributed by atoms with Gasteiger partial charge in [-0.25, -0.2) is 0 Å². The molecule has 0 aromatic heterocycles. The number of nitrogens with zero attached hydrogens (tertiary/aromatic N) is 2. The van der Waals surface area contributed by atoms with Crippen molar-refractivity contribution in [2.24, 2.45) is 5.41 Å². The van der Waals surface area contributed by atoms with Gasteiger partial charge in [-0.05, 0) is 55.9 Å². The highest BCUT2D eigenvalue weighted by atomic mass is 16.5. The summed E-state index contributed by atoms with van der Waals surface area (Å²) in [7, 11) is 0. The molecule has 1 aliphatic carbocycles. The van der Waals surface area contributed by atoms with Crippen molar-refractivity contribution in [2.75, 3.05) is 26.2 Å². The normalized spacial score (nSPS) is 27.2. The number of hydrogen-bond acceptors (Lipinski definition) is 4. The van der Waals surface area contributed by atoms with Gasteiger partial charge in [0.05, 0.1) is 6.61 Å². The molecular weight excluding hydrogens is 356 g/mol. The van der Waals surface area contributed by atoms with Gasteiger partial charge in [-0.1, -0.05) is 19.3 Å². The zero-order valence-electron chi connectivity index (χ0n) is 16.6. The van der Waals surface area contributed by atoms with Crippen LogP contribution >= 0.6 is 0 Å². The van der Waals surface area contributed by atoms with E-state index in [4.69, 9.17) is 4.74 Å². The van der Waals surface area contributed by atoms with Crippen LogP contribution in [0.3, 0.4) is 0 Å². The molecule has 2 amide bonds. The predicted molar refractivity (Wildman–Crippen MR) is 105 cm³/mol. The molecule has 3 fully saturated rings. The van der Waals surface area contributed by atoms with Crippen molar-refractivity contribution in [1.29, 1.82) is 0 Å². The summed E-state index contributed by atoms with van der Waals surface area (Å²) < 4.78 is 5.97. The Morgan fingerprint density at radius 1 is 1.11 bits per heavy atom. The largest absolute Gasteiger partial charge is 0.508 e. The number of piperazine rings is 1. The Balaban J connectivity index is 1.35. The summed E-state index contributed by atoms with van der Waals surface area (Å²) in [5.41, 5.74) is 0.779. The molecule has 2 heterocycles. The first-order chi connectivity index (χ1) is 13.5. The molecule has 3 aliphatic rings. The summed E-state index contributed by atoms with van der Waals surface area (Å²) in [6.07, 6.45) is 6.69. The average molecular weight is 386 g/mol. The highest BCUT2D eigenvalue weighted by molar-refractivity contribution is 5.94. The number of amides is 2. The molecule has 2 saturated heterocycles. The third-order valence-corrected chi connectivity index (χ3v) is 6.71. The lowest BCUT2D eigenvalue weighted by Crippen LogP contribution is -2.57. The van der Waals surface area contributed by atoms with Crippen LogP contribution in [0.15, 0.2) is 24.3 Å². The molecule has 1 spiro atoms. The number of phenolic OH excluding ortho intramolecular Hbond substituents is 1. The molecule has 2 aliphatic heterocycles. The van der Waals surface area contributed by atoms with Crippen molar-refractivity contribution >= 4 is 11.8 Å². The summed E-state index contributed by atoms with van der Waals surface area (Å²) in [5, 5.41) is 9.40. The molecule has 2 atom stereocenters. The van der Waals surface area contributed by atoms with E-state index >= 15 is 0 Å². The number of aromatic hydroxyl groups is 1. The maximum atomic E-state index is 13.1. The van der Waals surface area contributed by atoms with Crippen molar-refractivity contribution in [1.82, 2.24) is 9.80 Å². The van der Waals surface area contributed by atoms with Gasteiger partial charge in [-0.2, -0.15) is 0 Å². The maximum Gasteiger partial charge on any atom is 0.253 e. The van der Waals surface area contributed by atoms with Crippen LogP contribution in [-0.4, -0.2) is 65.1 Å². The maximum absolute atomic E-state index is 13.1. The van der Waals surface area contributed by atoms with Gasteiger partial charge in [0.2, 0.25) is 0 Å². The highest BCUT2D eigenvalue weighted by Crippen LogP contribution is 2.45. The van der Waals surface area contributed by atoms with Crippen LogP contribution in [0.4, 0.5) is 0 Å². The first-order valence-electron chi connectivity index (χ1n) is 10.5. The third-order valence-electron chi connectivity index (χ3n) is 6.71. The smallest absolute Gasteiger partial charge is 0.253 e. The van der Waals surface area contributed by atoms with Crippen LogP contribution in [0.25, 0.3) is 0 Å². The Hall–Kier alpha value is -2.08. The summed E-state index contributed by atoms with van der Waals surface area (Å²) in [6, 6.07) is 6.28. The molecule has 1 saturated carbocycles. The second-order valence-corrected chi connectivity index (χ2v) is 8.74. The van der Waals surface area contributed by atoms with Gasteiger partial charge >= 0.3 is 0 Å². The molecule has 152 valence electrons. The van der Waals surface area contributed by atoms with Gasteiger partial charge in [0.15, 0.2) is 0 Å². The number of ether oxygens (including phenoxy) is 1. The van der Waals surface area contributed by atoms with Gasteiger partial charge in [-0.15, -0.1) is 0 Å². The lowest BCUT2D eigenvalue weighted by atomic mass is 9.72. The minimum atomic E-state index is -0.320. The van der Waals surface area contributed by atoms with E-state index in [-0.39, 0.29) is 35.1 Å². The van der Waals surface area contributed by atoms with Crippen LogP contribution in [0.2, 0.25) is 0 Å². The van der Waals surface area contributed by atoms with Crippen molar-refractivity contribution < 1.29 is 19.4 Å². The van der Waals surface area contributed by atoms with Gasteiger partial charge in [0.1, 0.15) is 11.9 Å². The van der Waals surface area contributed by atoms with E-state index in [1.54, 1.807) is 17.0 Å². The number of rotatable bonds is 2. The summed E-state index contributed by atoms with van der Waals surface area (Å²) in [4.78, 5) is 29.5. The zero-order valence-corrected chi connectivity index (χ0v) is 16.6. The molecule has 28 heavy (non-hydrogen) atoms. The second-order valence-electron chi connectivity index (χ2n) is 8.74. The fraction of sp³-hybridized carbons (Fsp3) is 0.636. The molecule has 4 rings (SSSR count). The summed E-state index contributed by atoms with van der Waals surface area (Å²) in [6.45, 7) is 4.30. The Labute approximate surface area is 166 Å². The molecule has 1 unspecified atom stereocenters. The Bertz CT molecular complexity index is 727. The Kier molecular flexibility index (Phi) is 5.32. The minimum absolute atomic E-state index is 0.0335. The monoisotopic (exact) mass is 386 g/mol. The number of hydrogen-bond donors (Lipinski definition) is 1. The van der Waals surface area contributed by atoms with Gasteiger partial charge in [-0.3, -0.25) is 9.59 Å². The molecule has 1 aromatic rings. The topological polar surface area (TPSA) is 70.1 Å². The van der Waals surface area contributed by atoms with E-state index in [2.05, 4.69) is 0 Å². The van der Waals surface area contributed by atoms with Crippen LogP contribution < -0.4 is 0 Å². The van der Waals surface area contributed by atoms with Crippen molar-refractivity contribution in [3.8, 4) is 5.75 Å². The lowest BCUT2D eigenvalue weighted by Gasteiger charge is -2.41. The molecule has 1 aromatic carbocycles. The lowest BCUT2D eigenvalue weighted by molar-refractivity contribution is -0.145. The average Bonchev–Trinajstić information content (AvgIpc) is 3.11. The predicted octanol–water partition coefficient (Wildman–Crippen LogP) is 2.80. The van der Waals surface area contributed by atoms with Gasteiger partial charge in [0.25, 0.3) is 11.8 Å². The standard InChI is InChI=1S/C22H30N2O4/c1-16-14-23(20(26)17-5-7-18(25)8-6-17)11-12-24(16)21(27)19-13-22(15-28-19)9-3-2-4-10-22/h5-8,16,19,25H,2-4,9-15H2,1H3/t16-,19?/m0/s1. The third kappa shape index (κ3) is 3.75. The van der Waals surface area contributed by atoms with Gasteiger partial charge < -0.3 is 19.6 Å². The second kappa shape index (κ2) is 7.74. The van der Waals surface area contributed by atoms with E-state index in [0.717, 1.165) is 13.0 Å². The molecule has 0 radical (unpaired) electrons. The van der Waals surface area contributed by atoms with Crippen molar-refractivity contribution in [2.45, 2.75) is 57.6 Å². The zero-order chi connectivity index (χ0) is 19.7. The number of phenols is 1. The van der Waals surface area contributed by atoms with Crippen molar-refractivity contribution in [3.63, 3.8) is 0 Å². The van der Waals surface area contributed by atoms with E-state index in [9.17, 15) is 14.7 Å². The summed E-state index contributed by atoms with van der Waals surface area (Å²) in [5.74, 6) is 0.177. The number of carbonyl (C=O) groups is 2. The first-order valence-corrected chi connectivity index (χ1v) is 10.5. The minimum Gasteiger partial charge on any atom is -0.508 e. The molecular formula is C22H30N2O4. The van der Waals surface area contributed by atoms with Gasteiger partial charge in [0, 0.05) is 31.2 Å². The SMILES string of the molecule is C[C@H]1CN(C(=O)c2ccc(O)cc2)CCN1C(=O)C1CC2(CCCCC2)CO1. The molecule has 6 heteroatoms. The number of benzene rings is 1. The fourth-order valence-electron chi connectivity index (χ4n) is 5.04. The fourth-order valence-corrected chi connectivity index (χ4v) is 5.04. The van der Waals surface area contributed by atoms with E-state index in [1.165, 1.54) is 44.2 Å². The van der Waals surface area contributed by atoms with E-state index in [0.29, 0.717) is 25.2 Å². The quantitative estimate of drug-likeness (QED) is 0.849. The molecule has 6 nitrogen and oxygen atoms in total. The van der Waals surface area contributed by atoms with E-state index in [1.807, 2.05) is 11.8 Å².